The number of unbranched alkanes of at least 4 members (excludes halogenated alkanes) is 12. The monoisotopic (exact) mass is 823 g/mol. The lowest BCUT2D eigenvalue weighted by Crippen LogP contribution is -2.27. The van der Waals surface area contributed by atoms with Gasteiger partial charge in [0.2, 0.25) is 0 Å². The van der Waals surface area contributed by atoms with E-state index in [0.29, 0.717) is 68.0 Å². The van der Waals surface area contributed by atoms with Crippen LogP contribution in [0, 0.1) is 35.5 Å². The molecule has 2 unspecified atom stereocenters. The van der Waals surface area contributed by atoms with E-state index < -0.39 is 0 Å². The second-order valence-corrected chi connectivity index (χ2v) is 19.7. The molecule has 0 aromatic rings. The van der Waals surface area contributed by atoms with Crippen molar-refractivity contribution in [3.05, 3.63) is 0 Å². The number of hydrogen-bond acceptors (Lipinski definition) is 8. The van der Waals surface area contributed by atoms with Crippen LogP contribution in [0.4, 0.5) is 0 Å². The van der Waals surface area contributed by atoms with Crippen molar-refractivity contribution in [1.29, 1.82) is 0 Å². The van der Waals surface area contributed by atoms with Crippen LogP contribution in [0.2, 0.25) is 0 Å². The Morgan fingerprint density at radius 1 is 0.414 bits per heavy atom. The van der Waals surface area contributed by atoms with Gasteiger partial charge in [-0.1, -0.05) is 132 Å². The second-order valence-electron chi connectivity index (χ2n) is 19.7. The van der Waals surface area contributed by atoms with E-state index in [4.69, 9.17) is 14.2 Å². The van der Waals surface area contributed by atoms with Crippen molar-refractivity contribution in [2.75, 3.05) is 54.0 Å². The summed E-state index contributed by atoms with van der Waals surface area (Å²) in [7, 11) is 6.28. The van der Waals surface area contributed by atoms with Gasteiger partial charge in [-0.3, -0.25) is 14.4 Å². The average Bonchev–Trinajstić information content (AvgIpc) is 3.14. The van der Waals surface area contributed by atoms with Crippen LogP contribution in [-0.2, 0) is 28.6 Å². The zero-order valence-electron chi connectivity index (χ0n) is 40.4. The lowest BCUT2D eigenvalue weighted by atomic mass is 9.89. The van der Waals surface area contributed by atoms with Gasteiger partial charge >= 0.3 is 17.9 Å². The zero-order chi connectivity index (χ0) is 43.6. The smallest absolute Gasteiger partial charge is 0.307 e. The Balaban J connectivity index is 4.43. The zero-order valence-corrected chi connectivity index (χ0v) is 40.4. The molecule has 0 amide bonds. The summed E-state index contributed by atoms with van der Waals surface area (Å²) in [6.45, 7) is 21.8. The molecule has 344 valence electrons. The highest BCUT2D eigenvalue weighted by atomic mass is 16.5. The standard InChI is InChI=1S/C50H98N2O6/c1-41(2)31-33-45(43(5)6)39-56-48(53)29-24-20-16-12-14-18-22-27-47(58-50(55)35-38-52(11)37-26-36-51(9)10)28-23-19-15-13-17-21-25-30-49(54)57-40-46(44(7)8)34-32-42(3)4/h41-47H,12-40H2,1-11H3. The molecule has 0 fully saturated rings. The molecule has 0 N–H and O–H groups in total. The molecule has 0 aromatic heterocycles. The molecular formula is C50H98N2O6. The van der Waals surface area contributed by atoms with E-state index in [1.807, 2.05) is 0 Å². The molecule has 0 heterocycles. The maximum atomic E-state index is 12.9. The molecule has 0 aliphatic carbocycles. The Labute approximate surface area is 360 Å². The van der Waals surface area contributed by atoms with E-state index in [2.05, 4.69) is 86.3 Å². The first-order valence-electron chi connectivity index (χ1n) is 24.4. The molecule has 2 atom stereocenters. The molecule has 58 heavy (non-hydrogen) atoms. The van der Waals surface area contributed by atoms with Gasteiger partial charge in [0.1, 0.15) is 6.10 Å². The van der Waals surface area contributed by atoms with Gasteiger partial charge in [-0.25, -0.2) is 0 Å². The number of carbonyl (C=O) groups excluding carboxylic acids is 3. The molecule has 0 rings (SSSR count). The first-order chi connectivity index (χ1) is 27.6. The van der Waals surface area contributed by atoms with Crippen LogP contribution < -0.4 is 0 Å². The normalized spacial score (nSPS) is 13.6. The number of ether oxygens (including phenoxy) is 3. The summed E-state index contributed by atoms with van der Waals surface area (Å²) in [4.78, 5) is 42.0. The Bertz CT molecular complexity index is 925. The number of hydrogen-bond donors (Lipinski definition) is 0. The summed E-state index contributed by atoms with van der Waals surface area (Å²) < 4.78 is 17.4. The van der Waals surface area contributed by atoms with E-state index in [0.717, 1.165) is 116 Å². The van der Waals surface area contributed by atoms with Crippen LogP contribution in [0.15, 0.2) is 0 Å². The number of nitrogens with zero attached hydrogens (tertiary/aromatic N) is 2. The van der Waals surface area contributed by atoms with Crippen LogP contribution in [0.3, 0.4) is 0 Å². The first-order valence-corrected chi connectivity index (χ1v) is 24.4. The largest absolute Gasteiger partial charge is 0.465 e. The summed E-state index contributed by atoms with van der Waals surface area (Å²) >= 11 is 0. The van der Waals surface area contributed by atoms with Gasteiger partial charge in [0.25, 0.3) is 0 Å². The van der Waals surface area contributed by atoms with Gasteiger partial charge in [-0.15, -0.1) is 0 Å². The number of carbonyl (C=O) groups is 3. The van der Waals surface area contributed by atoms with E-state index in [1.165, 1.54) is 38.5 Å². The van der Waals surface area contributed by atoms with Gasteiger partial charge in [0, 0.05) is 19.4 Å². The van der Waals surface area contributed by atoms with Crippen molar-refractivity contribution in [3.63, 3.8) is 0 Å². The second kappa shape index (κ2) is 37.1. The van der Waals surface area contributed by atoms with Crippen molar-refractivity contribution in [1.82, 2.24) is 9.80 Å². The van der Waals surface area contributed by atoms with Crippen LogP contribution >= 0.6 is 0 Å². The third kappa shape index (κ3) is 36.2. The molecule has 8 heteroatoms. The molecular weight excluding hydrogens is 725 g/mol. The minimum Gasteiger partial charge on any atom is -0.465 e. The van der Waals surface area contributed by atoms with Crippen molar-refractivity contribution in [3.8, 4) is 0 Å². The minimum atomic E-state index is -0.0629. The van der Waals surface area contributed by atoms with Gasteiger partial charge in [0.05, 0.1) is 19.6 Å². The third-order valence-corrected chi connectivity index (χ3v) is 12.0. The van der Waals surface area contributed by atoms with E-state index in [-0.39, 0.29) is 24.0 Å². The average molecular weight is 823 g/mol. The summed E-state index contributed by atoms with van der Waals surface area (Å²) in [6, 6.07) is 0. The summed E-state index contributed by atoms with van der Waals surface area (Å²) in [6.07, 6.45) is 24.6. The fourth-order valence-corrected chi connectivity index (χ4v) is 7.47. The molecule has 0 aromatic carbocycles. The predicted molar refractivity (Wildman–Crippen MR) is 245 cm³/mol. The Hall–Kier alpha value is -1.67. The molecule has 0 spiro atoms. The van der Waals surface area contributed by atoms with Crippen molar-refractivity contribution >= 4 is 17.9 Å². The lowest BCUT2D eigenvalue weighted by Gasteiger charge is -2.21. The van der Waals surface area contributed by atoms with Crippen LogP contribution in [0.1, 0.15) is 209 Å². The highest BCUT2D eigenvalue weighted by molar-refractivity contribution is 5.70. The van der Waals surface area contributed by atoms with Crippen LogP contribution in [-0.4, -0.2) is 87.8 Å². The maximum absolute atomic E-state index is 12.9. The van der Waals surface area contributed by atoms with E-state index >= 15 is 0 Å². The summed E-state index contributed by atoms with van der Waals surface area (Å²) in [5, 5.41) is 0. The van der Waals surface area contributed by atoms with Crippen LogP contribution in [0.25, 0.3) is 0 Å². The van der Waals surface area contributed by atoms with Gasteiger partial charge < -0.3 is 24.0 Å². The van der Waals surface area contributed by atoms with Crippen LogP contribution in [0.5, 0.6) is 0 Å². The van der Waals surface area contributed by atoms with E-state index in [1.54, 1.807) is 0 Å². The molecule has 0 aliphatic heterocycles. The lowest BCUT2D eigenvalue weighted by molar-refractivity contribution is -0.150. The molecule has 0 bridgehead atoms. The topological polar surface area (TPSA) is 85.4 Å². The highest BCUT2D eigenvalue weighted by Crippen LogP contribution is 2.23. The number of esters is 3. The third-order valence-electron chi connectivity index (χ3n) is 12.0. The molecule has 0 saturated heterocycles. The quantitative estimate of drug-likeness (QED) is 0.0343. The highest BCUT2D eigenvalue weighted by Gasteiger charge is 2.19. The SMILES string of the molecule is CC(C)CCC(COC(=O)CCCCCCCCCC(CCCCCCCCCC(=O)OCC(CCC(C)C)C(C)C)OC(=O)CCN(C)CCCN(C)C)C(C)C. The summed E-state index contributed by atoms with van der Waals surface area (Å²) in [5.41, 5.74) is 0. The first kappa shape index (κ1) is 56.3. The van der Waals surface area contributed by atoms with Gasteiger partial charge in [0.15, 0.2) is 0 Å². The fourth-order valence-electron chi connectivity index (χ4n) is 7.47. The van der Waals surface area contributed by atoms with Crippen molar-refractivity contribution in [2.24, 2.45) is 35.5 Å². The minimum absolute atomic E-state index is 0.00454. The number of rotatable bonds is 40. The van der Waals surface area contributed by atoms with E-state index in [9.17, 15) is 14.4 Å². The Kier molecular flexibility index (Phi) is 36.1. The molecule has 0 radical (unpaired) electrons. The van der Waals surface area contributed by atoms with Crippen molar-refractivity contribution < 1.29 is 28.6 Å². The fraction of sp³-hybridized carbons (Fsp3) is 0.940. The Morgan fingerprint density at radius 2 is 0.810 bits per heavy atom. The molecule has 0 aliphatic rings. The van der Waals surface area contributed by atoms with Gasteiger partial charge in [-0.2, -0.15) is 0 Å². The molecule has 0 saturated carbocycles. The predicted octanol–water partition coefficient (Wildman–Crippen LogP) is 12.7. The molecule has 8 nitrogen and oxygen atoms in total. The summed E-state index contributed by atoms with van der Waals surface area (Å²) in [5.74, 6) is 3.21. The maximum Gasteiger partial charge on any atom is 0.307 e. The van der Waals surface area contributed by atoms with Gasteiger partial charge in [-0.05, 0) is 128 Å². The van der Waals surface area contributed by atoms with Crippen molar-refractivity contribution in [2.45, 2.75) is 216 Å². The Morgan fingerprint density at radius 3 is 1.19 bits per heavy atom.